The van der Waals surface area contributed by atoms with E-state index in [1.165, 1.54) is 0 Å². The SMILES string of the molecule is O=[N+]([O-])C1Cc2ccccc2OC1C(Cl)(Cl)Cl. The van der Waals surface area contributed by atoms with Gasteiger partial charge in [-0.25, -0.2) is 0 Å². The lowest BCUT2D eigenvalue weighted by Gasteiger charge is -2.32. The summed E-state index contributed by atoms with van der Waals surface area (Å²) in [4.78, 5) is 10.5. The number of hydrogen-bond donors (Lipinski definition) is 0. The van der Waals surface area contributed by atoms with Gasteiger partial charge in [-0.05, 0) is 6.07 Å². The van der Waals surface area contributed by atoms with Gasteiger partial charge in [-0.2, -0.15) is 0 Å². The van der Waals surface area contributed by atoms with E-state index in [-0.39, 0.29) is 6.42 Å². The highest BCUT2D eigenvalue weighted by Gasteiger charge is 2.50. The molecule has 2 atom stereocenters. The molecule has 0 amide bonds. The van der Waals surface area contributed by atoms with E-state index < -0.39 is 20.9 Å². The van der Waals surface area contributed by atoms with Crippen molar-refractivity contribution in [1.29, 1.82) is 0 Å². The molecule has 1 aromatic carbocycles. The molecule has 0 aliphatic carbocycles. The molecule has 7 heteroatoms. The molecule has 1 aliphatic heterocycles. The number of fused-ring (bicyclic) bond motifs is 1. The van der Waals surface area contributed by atoms with Gasteiger partial charge in [0.2, 0.25) is 9.90 Å². The number of para-hydroxylation sites is 1. The molecule has 0 aromatic heterocycles. The maximum atomic E-state index is 11.0. The van der Waals surface area contributed by atoms with Gasteiger partial charge in [-0.15, -0.1) is 0 Å². The van der Waals surface area contributed by atoms with Crippen LogP contribution in [0.4, 0.5) is 0 Å². The molecule has 92 valence electrons. The van der Waals surface area contributed by atoms with E-state index in [1.807, 2.05) is 0 Å². The molecule has 0 saturated carbocycles. The smallest absolute Gasteiger partial charge is 0.257 e. The van der Waals surface area contributed by atoms with Crippen LogP contribution in [-0.4, -0.2) is 20.9 Å². The van der Waals surface area contributed by atoms with Crippen molar-refractivity contribution in [3.05, 3.63) is 39.9 Å². The van der Waals surface area contributed by atoms with Crippen LogP contribution in [0.1, 0.15) is 5.56 Å². The van der Waals surface area contributed by atoms with E-state index >= 15 is 0 Å². The highest BCUT2D eigenvalue weighted by atomic mass is 35.6. The highest BCUT2D eigenvalue weighted by Crippen LogP contribution is 2.40. The fourth-order valence-corrected chi connectivity index (χ4v) is 2.38. The maximum Gasteiger partial charge on any atom is 0.257 e. The van der Waals surface area contributed by atoms with E-state index in [9.17, 15) is 10.1 Å². The Kier molecular flexibility index (Phi) is 3.39. The summed E-state index contributed by atoms with van der Waals surface area (Å²) in [5, 5.41) is 11.0. The monoisotopic (exact) mass is 295 g/mol. The lowest BCUT2D eigenvalue weighted by Crippen LogP contribution is -2.50. The fourth-order valence-electron chi connectivity index (χ4n) is 1.81. The molecule has 0 radical (unpaired) electrons. The first-order valence-corrected chi connectivity index (χ1v) is 5.98. The highest BCUT2D eigenvalue weighted by molar-refractivity contribution is 6.68. The topological polar surface area (TPSA) is 52.4 Å². The van der Waals surface area contributed by atoms with Crippen molar-refractivity contribution in [2.45, 2.75) is 22.4 Å². The van der Waals surface area contributed by atoms with Gasteiger partial charge in [0.15, 0.2) is 0 Å². The first-order valence-electron chi connectivity index (χ1n) is 4.84. The summed E-state index contributed by atoms with van der Waals surface area (Å²) in [5.41, 5.74) is 0.750. The van der Waals surface area contributed by atoms with E-state index in [2.05, 4.69) is 0 Å². The zero-order valence-corrected chi connectivity index (χ0v) is 10.7. The third-order valence-electron chi connectivity index (χ3n) is 2.60. The van der Waals surface area contributed by atoms with Gasteiger partial charge < -0.3 is 4.74 Å². The van der Waals surface area contributed by atoms with Gasteiger partial charge in [0.25, 0.3) is 6.04 Å². The Morgan fingerprint density at radius 1 is 1.35 bits per heavy atom. The molecule has 0 bridgehead atoms. The van der Waals surface area contributed by atoms with Gasteiger partial charge in [0.05, 0.1) is 0 Å². The predicted molar refractivity (Wildman–Crippen MR) is 65.6 cm³/mol. The molecule has 2 rings (SSSR count). The van der Waals surface area contributed by atoms with Gasteiger partial charge in [-0.3, -0.25) is 10.1 Å². The van der Waals surface area contributed by atoms with Gasteiger partial charge >= 0.3 is 0 Å². The number of alkyl halides is 3. The van der Waals surface area contributed by atoms with Crippen LogP contribution in [0.15, 0.2) is 24.3 Å². The molecule has 0 saturated heterocycles. The van der Waals surface area contributed by atoms with Crippen LogP contribution < -0.4 is 4.74 Å². The Morgan fingerprint density at radius 2 is 2.00 bits per heavy atom. The summed E-state index contributed by atoms with van der Waals surface area (Å²) in [6, 6.07) is 5.96. The molecule has 0 N–H and O–H groups in total. The molecule has 17 heavy (non-hydrogen) atoms. The number of nitrogens with zero attached hydrogens (tertiary/aromatic N) is 1. The number of hydrogen-bond acceptors (Lipinski definition) is 3. The van der Waals surface area contributed by atoms with Crippen LogP contribution in [0, 0.1) is 10.1 Å². The normalized spacial score (nSPS) is 23.7. The van der Waals surface area contributed by atoms with Crippen molar-refractivity contribution in [1.82, 2.24) is 0 Å². The maximum absolute atomic E-state index is 11.0. The van der Waals surface area contributed by atoms with E-state index in [4.69, 9.17) is 39.5 Å². The average Bonchev–Trinajstić information content (AvgIpc) is 2.26. The second-order valence-electron chi connectivity index (χ2n) is 3.74. The van der Waals surface area contributed by atoms with Crippen molar-refractivity contribution < 1.29 is 9.66 Å². The minimum absolute atomic E-state index is 0.196. The first-order chi connectivity index (χ1) is 7.89. The molecule has 0 fully saturated rings. The first kappa shape index (κ1) is 12.7. The molecule has 0 spiro atoms. The molecule has 1 aromatic rings. The third-order valence-corrected chi connectivity index (χ3v) is 3.24. The van der Waals surface area contributed by atoms with Crippen LogP contribution in [0.5, 0.6) is 5.75 Å². The summed E-state index contributed by atoms with van der Waals surface area (Å²) in [6.07, 6.45) is -0.890. The van der Waals surface area contributed by atoms with Crippen molar-refractivity contribution in [2.24, 2.45) is 0 Å². The minimum atomic E-state index is -1.83. The number of ether oxygens (including phenoxy) is 1. The minimum Gasteiger partial charge on any atom is -0.478 e. The van der Waals surface area contributed by atoms with Gasteiger partial charge in [0, 0.05) is 16.9 Å². The van der Waals surface area contributed by atoms with Crippen molar-refractivity contribution >= 4 is 34.8 Å². The quantitative estimate of drug-likeness (QED) is 0.455. The van der Waals surface area contributed by atoms with E-state index in [1.54, 1.807) is 24.3 Å². The molecule has 2 unspecified atom stereocenters. The van der Waals surface area contributed by atoms with Crippen LogP contribution >= 0.6 is 34.8 Å². The van der Waals surface area contributed by atoms with Gasteiger partial charge in [0.1, 0.15) is 5.75 Å². The van der Waals surface area contributed by atoms with Crippen molar-refractivity contribution in [3.63, 3.8) is 0 Å². The summed E-state index contributed by atoms with van der Waals surface area (Å²) < 4.78 is 3.60. The predicted octanol–water partition coefficient (Wildman–Crippen LogP) is 3.01. The molecule has 1 aliphatic rings. The average molecular weight is 297 g/mol. The van der Waals surface area contributed by atoms with Crippen LogP contribution in [0.25, 0.3) is 0 Å². The van der Waals surface area contributed by atoms with Crippen LogP contribution in [-0.2, 0) is 6.42 Å². The Bertz CT molecular complexity index is 447. The summed E-state index contributed by atoms with van der Waals surface area (Å²) in [7, 11) is 0. The molecule has 4 nitrogen and oxygen atoms in total. The molecular weight excluding hydrogens is 288 g/mol. The molecular formula is C10H8Cl3NO3. The third kappa shape index (κ3) is 2.59. The standard InChI is InChI=1S/C10H8Cl3NO3/c11-10(12,13)9-7(14(15)16)5-6-3-1-2-4-8(6)17-9/h1-4,7,9H,5H2. The lowest BCUT2D eigenvalue weighted by molar-refractivity contribution is -0.533. The fraction of sp³-hybridized carbons (Fsp3) is 0.400. The summed E-state index contributed by atoms with van der Waals surface area (Å²) in [6.45, 7) is 0. The van der Waals surface area contributed by atoms with Gasteiger partial charge in [-0.1, -0.05) is 53.0 Å². The second-order valence-corrected chi connectivity index (χ2v) is 6.11. The van der Waals surface area contributed by atoms with E-state index in [0.29, 0.717) is 5.75 Å². The number of rotatable bonds is 1. The number of nitro groups is 1. The zero-order chi connectivity index (χ0) is 12.6. The summed E-state index contributed by atoms with van der Waals surface area (Å²) >= 11 is 17.2. The Hall–Kier alpha value is -0.710. The van der Waals surface area contributed by atoms with Crippen LogP contribution in [0.3, 0.4) is 0 Å². The van der Waals surface area contributed by atoms with Crippen molar-refractivity contribution in [2.75, 3.05) is 0 Å². The number of halogens is 3. The largest absolute Gasteiger partial charge is 0.478 e. The Labute approximate surface area is 113 Å². The number of benzene rings is 1. The Balaban J connectivity index is 2.38. The Morgan fingerprint density at radius 3 is 2.59 bits per heavy atom. The second kappa shape index (κ2) is 4.52. The molecule has 1 heterocycles. The zero-order valence-electron chi connectivity index (χ0n) is 8.48. The van der Waals surface area contributed by atoms with Crippen LogP contribution in [0.2, 0.25) is 0 Å². The lowest BCUT2D eigenvalue weighted by atomic mass is 9.98. The van der Waals surface area contributed by atoms with Crippen molar-refractivity contribution in [3.8, 4) is 5.75 Å². The summed E-state index contributed by atoms with van der Waals surface area (Å²) in [5.74, 6) is 0.530. The van der Waals surface area contributed by atoms with E-state index in [0.717, 1.165) is 5.56 Å².